The van der Waals surface area contributed by atoms with Crippen molar-refractivity contribution in [3.05, 3.63) is 53.2 Å². The van der Waals surface area contributed by atoms with Crippen LogP contribution in [0.4, 0.5) is 35.3 Å². The number of ether oxygens (including phenoxy) is 1. The second-order valence-electron chi connectivity index (χ2n) is 8.23. The molecule has 4 heterocycles. The van der Waals surface area contributed by atoms with Crippen LogP contribution in [-0.2, 0) is 6.18 Å². The summed E-state index contributed by atoms with van der Waals surface area (Å²) in [6, 6.07) is 7.13. The maximum absolute atomic E-state index is 13.4. The Labute approximate surface area is 208 Å². The van der Waals surface area contributed by atoms with Gasteiger partial charge in [0.2, 0.25) is 0 Å². The zero-order valence-corrected chi connectivity index (χ0v) is 19.4. The number of anilines is 3. The maximum atomic E-state index is 13.4. The number of halogens is 4. The number of hydrogen-bond donors (Lipinski definition) is 2. The number of benzene rings is 1. The predicted molar refractivity (Wildman–Crippen MR) is 126 cm³/mol. The quantitative estimate of drug-likeness (QED) is 0.519. The first-order valence-corrected chi connectivity index (χ1v) is 11.4. The van der Waals surface area contributed by atoms with Gasteiger partial charge in [-0.25, -0.2) is 14.8 Å². The molecular formula is C23H20ClF3N6O3. The van der Waals surface area contributed by atoms with E-state index in [9.17, 15) is 18.0 Å². The number of fused-ring (bicyclic) bond motifs is 4. The molecule has 1 saturated heterocycles. The molecule has 9 nitrogen and oxygen atoms in total. The Balaban J connectivity index is 1.50. The number of carbonyl (C=O) groups excluding carboxylic acids is 1. The van der Waals surface area contributed by atoms with Crippen LogP contribution in [0.1, 0.15) is 12.0 Å². The number of carbonyl (C=O) groups is 1. The Hall–Kier alpha value is -3.64. The fraction of sp³-hybridized carbons (Fsp3) is 0.304. The molecule has 0 aliphatic carbocycles. The summed E-state index contributed by atoms with van der Waals surface area (Å²) >= 11 is 6.48. The molecule has 2 aromatic heterocycles. The normalized spacial score (nSPS) is 16.6. The van der Waals surface area contributed by atoms with Crippen LogP contribution in [0.5, 0.6) is 6.01 Å². The Morgan fingerprint density at radius 1 is 1.25 bits per heavy atom. The fourth-order valence-corrected chi connectivity index (χ4v) is 4.57. The van der Waals surface area contributed by atoms with Crippen molar-refractivity contribution in [3.63, 3.8) is 0 Å². The highest BCUT2D eigenvalue weighted by atomic mass is 35.5. The van der Waals surface area contributed by atoms with E-state index < -0.39 is 17.8 Å². The van der Waals surface area contributed by atoms with Gasteiger partial charge in [-0.2, -0.15) is 18.2 Å². The molecule has 13 heteroatoms. The lowest BCUT2D eigenvalue weighted by Crippen LogP contribution is -2.48. The molecule has 2 bridgehead atoms. The third-order valence-electron chi connectivity index (χ3n) is 5.91. The summed E-state index contributed by atoms with van der Waals surface area (Å²) in [4.78, 5) is 29.6. The summed E-state index contributed by atoms with van der Waals surface area (Å²) < 4.78 is 45.1. The molecule has 0 radical (unpaired) electrons. The van der Waals surface area contributed by atoms with Crippen molar-refractivity contribution in [1.82, 2.24) is 15.0 Å². The highest BCUT2D eigenvalue weighted by Gasteiger charge is 2.41. The highest BCUT2D eigenvalue weighted by Crippen LogP contribution is 2.43. The van der Waals surface area contributed by atoms with Crippen molar-refractivity contribution in [3.8, 4) is 17.3 Å². The van der Waals surface area contributed by atoms with Gasteiger partial charge in [-0.1, -0.05) is 23.7 Å². The Bertz CT molecular complexity index is 1310. The minimum atomic E-state index is -4.52. The molecule has 2 aliphatic heterocycles. The van der Waals surface area contributed by atoms with Gasteiger partial charge < -0.3 is 14.7 Å². The Morgan fingerprint density at radius 3 is 2.86 bits per heavy atom. The first kappa shape index (κ1) is 24.1. The molecule has 0 saturated carbocycles. The number of alkyl halides is 3. The topological polar surface area (TPSA) is 104 Å². The van der Waals surface area contributed by atoms with Crippen molar-refractivity contribution in [1.29, 1.82) is 0 Å². The summed E-state index contributed by atoms with van der Waals surface area (Å²) in [5, 5.41) is 11.8. The molecule has 0 unspecified atom stereocenters. The second-order valence-corrected chi connectivity index (χ2v) is 8.63. The van der Waals surface area contributed by atoms with Crippen LogP contribution in [-0.4, -0.2) is 58.4 Å². The molecule has 1 atom stereocenters. The number of pyridine rings is 1. The van der Waals surface area contributed by atoms with Gasteiger partial charge in [0.05, 0.1) is 34.6 Å². The molecule has 5 rings (SSSR count). The third kappa shape index (κ3) is 4.61. The number of rotatable bonds is 5. The number of urea groups is 1. The minimum Gasteiger partial charge on any atom is -0.461 e. The molecular weight excluding hydrogens is 501 g/mol. The van der Waals surface area contributed by atoms with E-state index in [1.54, 1.807) is 6.07 Å². The minimum absolute atomic E-state index is 0.00218. The van der Waals surface area contributed by atoms with E-state index in [1.807, 2.05) is 4.90 Å². The molecule has 2 aliphatic rings. The average Bonchev–Trinajstić information content (AvgIpc) is 3.27. The van der Waals surface area contributed by atoms with E-state index >= 15 is 0 Å². The SMILES string of the molecule is O=C(Nc1ccnc(OCCO)n1)N1c2nc(-c3cccc(C(F)(F)F)c3)c(Cl)cc2N2CC[C@H]1C2. The van der Waals surface area contributed by atoms with E-state index in [2.05, 4.69) is 20.3 Å². The van der Waals surface area contributed by atoms with E-state index in [0.29, 0.717) is 31.0 Å². The van der Waals surface area contributed by atoms with Gasteiger partial charge in [0.1, 0.15) is 12.4 Å². The van der Waals surface area contributed by atoms with Crippen molar-refractivity contribution in [2.45, 2.75) is 18.6 Å². The van der Waals surface area contributed by atoms with Gasteiger partial charge in [0.25, 0.3) is 0 Å². The van der Waals surface area contributed by atoms with Crippen LogP contribution < -0.4 is 19.9 Å². The predicted octanol–water partition coefficient (Wildman–Crippen LogP) is 4.21. The van der Waals surface area contributed by atoms with Gasteiger partial charge in [-0.3, -0.25) is 10.2 Å². The standard InChI is InChI=1S/C23H20ClF3N6O3/c24-16-11-17-20(31-19(16)13-2-1-3-14(10-13)23(25,26)27)33(15-5-7-32(17)12-15)22(35)30-18-4-6-28-21(29-18)36-9-8-34/h1-4,6,10-11,15,34H,5,7-9,12H2,(H,28,29,30,35)/t15-/m0/s1. The van der Waals surface area contributed by atoms with Gasteiger partial charge in [-0.05, 0) is 30.7 Å². The van der Waals surface area contributed by atoms with Gasteiger partial charge in [0, 0.05) is 24.8 Å². The lowest BCUT2D eigenvalue weighted by molar-refractivity contribution is -0.137. The van der Waals surface area contributed by atoms with Crippen molar-refractivity contribution < 1.29 is 27.8 Å². The van der Waals surface area contributed by atoms with Crippen LogP contribution in [0.3, 0.4) is 0 Å². The Morgan fingerprint density at radius 2 is 2.08 bits per heavy atom. The monoisotopic (exact) mass is 520 g/mol. The molecule has 1 aromatic carbocycles. The lowest BCUT2D eigenvalue weighted by atomic mass is 10.1. The molecule has 2 N–H and O–H groups in total. The number of nitrogens with zero attached hydrogens (tertiary/aromatic N) is 5. The molecule has 2 amide bonds. The molecule has 0 spiro atoms. The third-order valence-corrected chi connectivity index (χ3v) is 6.20. The summed E-state index contributed by atoms with van der Waals surface area (Å²) in [6.45, 7) is 1.02. The summed E-state index contributed by atoms with van der Waals surface area (Å²) in [7, 11) is 0. The van der Waals surface area contributed by atoms with E-state index in [-0.39, 0.29) is 47.4 Å². The number of aromatic nitrogens is 3. The first-order chi connectivity index (χ1) is 17.2. The van der Waals surface area contributed by atoms with E-state index in [4.69, 9.17) is 21.4 Å². The summed E-state index contributed by atoms with van der Waals surface area (Å²) in [5.41, 5.74) is 0.127. The summed E-state index contributed by atoms with van der Waals surface area (Å²) in [6.07, 6.45) is -2.44. The van der Waals surface area contributed by atoms with Crippen LogP contribution in [0, 0.1) is 0 Å². The number of aliphatic hydroxyl groups is 1. The van der Waals surface area contributed by atoms with Gasteiger partial charge in [-0.15, -0.1) is 0 Å². The van der Waals surface area contributed by atoms with Crippen molar-refractivity contribution >= 4 is 35.0 Å². The molecule has 1 fully saturated rings. The van der Waals surface area contributed by atoms with Gasteiger partial charge >= 0.3 is 18.2 Å². The van der Waals surface area contributed by atoms with Crippen LogP contribution in [0.15, 0.2) is 42.6 Å². The zero-order valence-electron chi connectivity index (χ0n) is 18.7. The average molecular weight is 521 g/mol. The number of hydrogen-bond acceptors (Lipinski definition) is 7. The summed E-state index contributed by atoms with van der Waals surface area (Å²) in [5.74, 6) is 0.473. The Kier molecular flexibility index (Phi) is 6.31. The number of nitrogens with one attached hydrogen (secondary N) is 1. The van der Waals surface area contributed by atoms with Crippen molar-refractivity contribution in [2.75, 3.05) is 41.4 Å². The molecule has 3 aromatic rings. The fourth-order valence-electron chi connectivity index (χ4n) is 4.32. The zero-order chi connectivity index (χ0) is 25.4. The molecule has 188 valence electrons. The van der Waals surface area contributed by atoms with Gasteiger partial charge in [0.15, 0.2) is 5.82 Å². The second kappa shape index (κ2) is 9.43. The van der Waals surface area contributed by atoms with Crippen LogP contribution >= 0.6 is 11.6 Å². The lowest BCUT2D eigenvalue weighted by Gasteiger charge is -2.36. The first-order valence-electron chi connectivity index (χ1n) is 11.0. The number of aliphatic hydroxyl groups excluding tert-OH is 1. The van der Waals surface area contributed by atoms with E-state index in [0.717, 1.165) is 12.1 Å². The number of amides is 2. The van der Waals surface area contributed by atoms with Crippen LogP contribution in [0.2, 0.25) is 5.02 Å². The van der Waals surface area contributed by atoms with Crippen LogP contribution in [0.25, 0.3) is 11.3 Å². The van der Waals surface area contributed by atoms with E-state index in [1.165, 1.54) is 29.3 Å². The largest absolute Gasteiger partial charge is 0.461 e. The smallest absolute Gasteiger partial charge is 0.416 e. The maximum Gasteiger partial charge on any atom is 0.416 e. The molecule has 36 heavy (non-hydrogen) atoms. The highest BCUT2D eigenvalue weighted by molar-refractivity contribution is 6.33. The van der Waals surface area contributed by atoms with Crippen molar-refractivity contribution in [2.24, 2.45) is 0 Å².